The zero-order chi connectivity index (χ0) is 17.1. The summed E-state index contributed by atoms with van der Waals surface area (Å²) in [7, 11) is 0. The van der Waals surface area contributed by atoms with E-state index in [2.05, 4.69) is 61.6 Å². The first kappa shape index (κ1) is 15.8. The van der Waals surface area contributed by atoms with Crippen LogP contribution in [0.2, 0.25) is 0 Å². The number of rotatable bonds is 4. The monoisotopic (exact) mass is 333 g/mol. The first-order valence-electron chi connectivity index (χ1n) is 8.76. The maximum atomic E-state index is 4.61. The smallest absolute Gasteiger partial charge is 0.210 e. The molecule has 1 aliphatic rings. The van der Waals surface area contributed by atoms with Gasteiger partial charge in [0.05, 0.1) is 0 Å². The Morgan fingerprint density at radius 2 is 1.76 bits per heavy atom. The van der Waals surface area contributed by atoms with Gasteiger partial charge in [0.2, 0.25) is 5.95 Å². The predicted octanol–water partition coefficient (Wildman–Crippen LogP) is 2.90. The SMILES string of the molecule is Cc1ccc(-n2ccnc2N2CCN(Cc3cccnc3)CC2)cc1. The van der Waals surface area contributed by atoms with Crippen LogP contribution < -0.4 is 4.90 Å². The Hall–Kier alpha value is -2.66. The molecule has 0 saturated carbocycles. The average Bonchev–Trinajstić information content (AvgIpc) is 3.14. The lowest BCUT2D eigenvalue weighted by atomic mass is 10.2. The zero-order valence-electron chi connectivity index (χ0n) is 14.5. The number of nitrogens with zero attached hydrogens (tertiary/aromatic N) is 5. The maximum absolute atomic E-state index is 4.61. The van der Waals surface area contributed by atoms with Crippen LogP contribution in [0.1, 0.15) is 11.1 Å². The van der Waals surface area contributed by atoms with Crippen LogP contribution in [0.15, 0.2) is 61.2 Å². The predicted molar refractivity (Wildman–Crippen MR) is 100 cm³/mol. The van der Waals surface area contributed by atoms with Gasteiger partial charge in [-0.25, -0.2) is 4.98 Å². The van der Waals surface area contributed by atoms with Crippen LogP contribution in [0.25, 0.3) is 5.69 Å². The quantitative estimate of drug-likeness (QED) is 0.736. The number of hydrogen-bond acceptors (Lipinski definition) is 4. The Morgan fingerprint density at radius 1 is 0.960 bits per heavy atom. The average molecular weight is 333 g/mol. The van der Waals surface area contributed by atoms with Crippen molar-refractivity contribution in [2.75, 3.05) is 31.1 Å². The second-order valence-corrected chi connectivity index (χ2v) is 6.56. The van der Waals surface area contributed by atoms with Crippen molar-refractivity contribution in [3.63, 3.8) is 0 Å². The molecule has 1 aliphatic heterocycles. The lowest BCUT2D eigenvalue weighted by Gasteiger charge is -2.35. The lowest BCUT2D eigenvalue weighted by Crippen LogP contribution is -2.46. The third-order valence-electron chi connectivity index (χ3n) is 4.72. The van der Waals surface area contributed by atoms with Crippen LogP contribution in [-0.4, -0.2) is 45.6 Å². The molecule has 0 atom stereocenters. The molecule has 0 amide bonds. The number of pyridine rings is 1. The summed E-state index contributed by atoms with van der Waals surface area (Å²) in [5.74, 6) is 1.03. The topological polar surface area (TPSA) is 37.2 Å². The van der Waals surface area contributed by atoms with Gasteiger partial charge in [-0.3, -0.25) is 14.5 Å². The molecule has 0 unspecified atom stereocenters. The Labute approximate surface area is 148 Å². The molecule has 3 aromatic rings. The van der Waals surface area contributed by atoms with Crippen molar-refractivity contribution in [3.05, 3.63) is 72.3 Å². The van der Waals surface area contributed by atoms with Crippen molar-refractivity contribution in [2.24, 2.45) is 0 Å². The van der Waals surface area contributed by atoms with Crippen LogP contribution in [0.4, 0.5) is 5.95 Å². The molecule has 128 valence electrons. The zero-order valence-corrected chi connectivity index (χ0v) is 14.5. The summed E-state index contributed by atoms with van der Waals surface area (Å²) in [6.07, 6.45) is 7.71. The van der Waals surface area contributed by atoms with Crippen molar-refractivity contribution in [1.29, 1.82) is 0 Å². The van der Waals surface area contributed by atoms with E-state index in [0.29, 0.717) is 0 Å². The van der Waals surface area contributed by atoms with E-state index < -0.39 is 0 Å². The maximum Gasteiger partial charge on any atom is 0.210 e. The molecular weight excluding hydrogens is 310 g/mol. The van der Waals surface area contributed by atoms with E-state index in [4.69, 9.17) is 0 Å². The minimum Gasteiger partial charge on any atom is -0.339 e. The van der Waals surface area contributed by atoms with E-state index in [9.17, 15) is 0 Å². The Bertz CT molecular complexity index is 802. The van der Waals surface area contributed by atoms with Gasteiger partial charge in [0, 0.05) is 63.2 Å². The summed E-state index contributed by atoms with van der Waals surface area (Å²) in [6.45, 7) is 7.13. The number of piperazine rings is 1. The van der Waals surface area contributed by atoms with Crippen molar-refractivity contribution >= 4 is 5.95 Å². The third kappa shape index (κ3) is 3.56. The van der Waals surface area contributed by atoms with Crippen molar-refractivity contribution < 1.29 is 0 Å². The Balaban J connectivity index is 1.43. The van der Waals surface area contributed by atoms with E-state index in [1.807, 2.05) is 30.9 Å². The molecule has 0 bridgehead atoms. The normalized spacial score (nSPS) is 15.5. The minimum absolute atomic E-state index is 0.966. The molecule has 1 saturated heterocycles. The fraction of sp³-hybridized carbons (Fsp3) is 0.300. The Morgan fingerprint density at radius 3 is 2.48 bits per heavy atom. The molecule has 3 heterocycles. The van der Waals surface area contributed by atoms with Crippen molar-refractivity contribution in [2.45, 2.75) is 13.5 Å². The molecule has 0 aliphatic carbocycles. The molecule has 2 aromatic heterocycles. The van der Waals surface area contributed by atoms with E-state index in [-0.39, 0.29) is 0 Å². The van der Waals surface area contributed by atoms with Crippen molar-refractivity contribution in [3.8, 4) is 5.69 Å². The number of benzene rings is 1. The summed E-state index contributed by atoms with van der Waals surface area (Å²) < 4.78 is 2.18. The number of anilines is 1. The minimum atomic E-state index is 0.966. The Kier molecular flexibility index (Phi) is 4.48. The van der Waals surface area contributed by atoms with Crippen LogP contribution in [-0.2, 0) is 6.54 Å². The molecule has 5 heteroatoms. The molecular formula is C20H23N5. The van der Waals surface area contributed by atoms with Gasteiger partial charge in [0.1, 0.15) is 0 Å². The van der Waals surface area contributed by atoms with Gasteiger partial charge >= 0.3 is 0 Å². The third-order valence-corrected chi connectivity index (χ3v) is 4.72. The highest BCUT2D eigenvalue weighted by molar-refractivity contribution is 5.44. The standard InChI is InChI=1S/C20H23N5/c1-17-4-6-19(7-5-17)25-10-9-22-20(25)24-13-11-23(12-14-24)16-18-3-2-8-21-15-18/h2-10,15H,11-14,16H2,1H3. The van der Waals surface area contributed by atoms with Crippen LogP contribution in [0.3, 0.4) is 0 Å². The van der Waals surface area contributed by atoms with E-state index in [1.165, 1.54) is 11.1 Å². The summed E-state index contributed by atoms with van der Waals surface area (Å²) in [4.78, 5) is 13.7. The second-order valence-electron chi connectivity index (χ2n) is 6.56. The first-order chi connectivity index (χ1) is 12.3. The van der Waals surface area contributed by atoms with E-state index >= 15 is 0 Å². The van der Waals surface area contributed by atoms with Gasteiger partial charge < -0.3 is 4.90 Å². The highest BCUT2D eigenvalue weighted by Gasteiger charge is 2.20. The summed E-state index contributed by atoms with van der Waals surface area (Å²) in [5.41, 5.74) is 3.71. The molecule has 4 rings (SSSR count). The molecule has 0 radical (unpaired) electrons. The molecule has 1 fully saturated rings. The molecule has 0 N–H and O–H groups in total. The van der Waals surface area contributed by atoms with Gasteiger partial charge in [-0.15, -0.1) is 0 Å². The molecule has 1 aromatic carbocycles. The van der Waals surface area contributed by atoms with Gasteiger partial charge in [-0.05, 0) is 30.7 Å². The largest absolute Gasteiger partial charge is 0.339 e. The molecule has 25 heavy (non-hydrogen) atoms. The number of aromatic nitrogens is 3. The van der Waals surface area contributed by atoms with Gasteiger partial charge in [-0.1, -0.05) is 23.8 Å². The second kappa shape index (κ2) is 7.07. The molecule has 0 spiro atoms. The van der Waals surface area contributed by atoms with E-state index in [1.54, 1.807) is 0 Å². The summed E-state index contributed by atoms with van der Waals surface area (Å²) in [6, 6.07) is 12.7. The van der Waals surface area contributed by atoms with Gasteiger partial charge in [0.25, 0.3) is 0 Å². The molecule has 5 nitrogen and oxygen atoms in total. The van der Waals surface area contributed by atoms with Gasteiger partial charge in [-0.2, -0.15) is 0 Å². The van der Waals surface area contributed by atoms with Crippen LogP contribution in [0.5, 0.6) is 0 Å². The lowest BCUT2D eigenvalue weighted by molar-refractivity contribution is 0.248. The fourth-order valence-electron chi connectivity index (χ4n) is 3.29. The number of imidazole rings is 1. The highest BCUT2D eigenvalue weighted by Crippen LogP contribution is 2.20. The highest BCUT2D eigenvalue weighted by atomic mass is 15.3. The first-order valence-corrected chi connectivity index (χ1v) is 8.76. The van der Waals surface area contributed by atoms with Crippen LogP contribution in [0, 0.1) is 6.92 Å². The summed E-state index contributed by atoms with van der Waals surface area (Å²) in [5, 5.41) is 0. The number of hydrogen-bond donors (Lipinski definition) is 0. The van der Waals surface area contributed by atoms with E-state index in [0.717, 1.165) is 44.4 Å². The summed E-state index contributed by atoms with van der Waals surface area (Å²) >= 11 is 0. The fourth-order valence-corrected chi connectivity index (χ4v) is 3.29. The number of aryl methyl sites for hydroxylation is 1. The van der Waals surface area contributed by atoms with Crippen molar-refractivity contribution in [1.82, 2.24) is 19.4 Å². The van der Waals surface area contributed by atoms with Gasteiger partial charge in [0.15, 0.2) is 0 Å². The van der Waals surface area contributed by atoms with Crippen LogP contribution >= 0.6 is 0 Å².